The molecule has 0 aromatic rings. The highest BCUT2D eigenvalue weighted by Crippen LogP contribution is 2.11. The van der Waals surface area contributed by atoms with Gasteiger partial charge in [0.15, 0.2) is 0 Å². The number of carboxylic acid groups (broad SMARTS) is 1. The molecule has 0 atom stereocenters. The fourth-order valence-electron chi connectivity index (χ4n) is 2.08. The van der Waals surface area contributed by atoms with Gasteiger partial charge in [-0.3, -0.25) is 4.79 Å². The largest absolute Gasteiger partial charge is 0.481 e. The summed E-state index contributed by atoms with van der Waals surface area (Å²) >= 11 is 0. The van der Waals surface area contributed by atoms with Gasteiger partial charge in [-0.15, -0.1) is 0 Å². The molecule has 0 aliphatic rings. The van der Waals surface area contributed by atoms with Crippen LogP contribution in [-0.4, -0.2) is 35.6 Å². The molecule has 1 N–H and O–H groups in total. The fourth-order valence-corrected chi connectivity index (χ4v) is 2.08. The van der Waals surface area contributed by atoms with Gasteiger partial charge in [0.25, 0.3) is 0 Å². The number of unbranched alkanes of at least 4 members (excludes halogenated alkanes) is 2. The molecule has 0 aromatic carbocycles. The highest BCUT2D eigenvalue weighted by molar-refractivity contribution is 5.66. The van der Waals surface area contributed by atoms with Gasteiger partial charge in [0.2, 0.25) is 0 Å². The first-order valence-corrected chi connectivity index (χ1v) is 7.08. The van der Waals surface area contributed by atoms with E-state index in [2.05, 4.69) is 25.7 Å². The molecule has 0 amide bonds. The van der Waals surface area contributed by atoms with Gasteiger partial charge in [-0.1, -0.05) is 40.0 Å². The lowest BCUT2D eigenvalue weighted by Gasteiger charge is -2.25. The topological polar surface area (TPSA) is 40.5 Å². The quantitative estimate of drug-likeness (QED) is 0.565. The second-order valence-electron chi connectivity index (χ2n) is 4.78. The van der Waals surface area contributed by atoms with E-state index in [0.29, 0.717) is 6.42 Å². The van der Waals surface area contributed by atoms with Crippen molar-refractivity contribution < 1.29 is 9.90 Å². The Balaban J connectivity index is 3.63. The summed E-state index contributed by atoms with van der Waals surface area (Å²) in [6.45, 7) is 10.1. The van der Waals surface area contributed by atoms with E-state index in [1.165, 1.54) is 19.4 Å². The molecule has 0 heterocycles. The smallest absolute Gasteiger partial charge is 0.303 e. The molecule has 0 fully saturated rings. The van der Waals surface area contributed by atoms with Gasteiger partial charge < -0.3 is 10.0 Å². The molecular formula is C14H29NO2. The van der Waals surface area contributed by atoms with Gasteiger partial charge in [0.05, 0.1) is 0 Å². The number of aliphatic carboxylic acids is 1. The maximum atomic E-state index is 10.4. The van der Waals surface area contributed by atoms with Crippen molar-refractivity contribution in [1.82, 2.24) is 4.90 Å². The van der Waals surface area contributed by atoms with E-state index in [1.54, 1.807) is 0 Å². The first-order chi connectivity index (χ1) is 8.13. The summed E-state index contributed by atoms with van der Waals surface area (Å²) < 4.78 is 0. The zero-order chi connectivity index (χ0) is 13.1. The summed E-state index contributed by atoms with van der Waals surface area (Å²) in [4.78, 5) is 12.9. The van der Waals surface area contributed by atoms with Gasteiger partial charge in [-0.2, -0.15) is 0 Å². The molecule has 3 heteroatoms. The van der Waals surface area contributed by atoms with E-state index in [1.807, 2.05) is 0 Å². The van der Waals surface area contributed by atoms with E-state index in [-0.39, 0.29) is 0 Å². The van der Waals surface area contributed by atoms with Crippen LogP contribution in [0.2, 0.25) is 0 Å². The third-order valence-electron chi connectivity index (χ3n) is 3.48. The zero-order valence-electron chi connectivity index (χ0n) is 11.7. The summed E-state index contributed by atoms with van der Waals surface area (Å²) in [5.74, 6) is 0.142. The van der Waals surface area contributed by atoms with Crippen LogP contribution in [0, 0.1) is 5.92 Å². The van der Waals surface area contributed by atoms with Crippen molar-refractivity contribution in [2.75, 3.05) is 19.6 Å². The minimum atomic E-state index is -0.672. The van der Waals surface area contributed by atoms with Crippen molar-refractivity contribution in [2.24, 2.45) is 5.92 Å². The van der Waals surface area contributed by atoms with Crippen LogP contribution in [-0.2, 0) is 4.79 Å². The van der Waals surface area contributed by atoms with E-state index in [0.717, 1.165) is 38.3 Å². The highest BCUT2D eigenvalue weighted by atomic mass is 16.4. The second kappa shape index (κ2) is 10.6. The average Bonchev–Trinajstić information content (AvgIpc) is 2.32. The summed E-state index contributed by atoms with van der Waals surface area (Å²) in [6.07, 6.45) is 5.81. The van der Waals surface area contributed by atoms with Crippen LogP contribution in [0.25, 0.3) is 0 Å². The Morgan fingerprint density at radius 2 is 1.76 bits per heavy atom. The van der Waals surface area contributed by atoms with Crippen molar-refractivity contribution >= 4 is 5.97 Å². The molecule has 0 bridgehead atoms. The number of nitrogens with zero attached hydrogens (tertiary/aromatic N) is 1. The van der Waals surface area contributed by atoms with E-state index in [9.17, 15) is 4.79 Å². The molecule has 0 saturated carbocycles. The van der Waals surface area contributed by atoms with Gasteiger partial charge >= 0.3 is 5.97 Å². The summed E-state index contributed by atoms with van der Waals surface area (Å²) in [5, 5.41) is 8.54. The minimum Gasteiger partial charge on any atom is -0.481 e. The number of carboxylic acids is 1. The zero-order valence-corrected chi connectivity index (χ0v) is 11.7. The lowest BCUT2D eigenvalue weighted by molar-refractivity contribution is -0.137. The molecule has 0 unspecified atom stereocenters. The molecule has 0 aliphatic carbocycles. The molecule has 17 heavy (non-hydrogen) atoms. The maximum Gasteiger partial charge on any atom is 0.303 e. The summed E-state index contributed by atoms with van der Waals surface area (Å²) in [6, 6.07) is 0. The molecule has 0 aromatic heterocycles. The Kier molecular flexibility index (Phi) is 10.2. The van der Waals surface area contributed by atoms with Crippen LogP contribution in [0.1, 0.15) is 59.3 Å². The standard InChI is InChI=1S/C14H29NO2/c1-4-13(5-2)12-15(6-3)11-9-7-8-10-14(16)17/h13H,4-12H2,1-3H3,(H,16,17). The number of carbonyl (C=O) groups is 1. The van der Waals surface area contributed by atoms with Gasteiger partial charge in [-0.25, -0.2) is 0 Å². The number of rotatable bonds is 11. The Morgan fingerprint density at radius 1 is 1.12 bits per heavy atom. The lowest BCUT2D eigenvalue weighted by atomic mass is 10.0. The number of hydrogen-bond donors (Lipinski definition) is 1. The molecule has 0 rings (SSSR count). The molecule has 0 aliphatic heterocycles. The first-order valence-electron chi connectivity index (χ1n) is 7.08. The maximum absolute atomic E-state index is 10.4. The molecule has 0 radical (unpaired) electrons. The monoisotopic (exact) mass is 243 g/mol. The van der Waals surface area contributed by atoms with Crippen molar-refractivity contribution in [1.29, 1.82) is 0 Å². The predicted octanol–water partition coefficient (Wildman–Crippen LogP) is 3.39. The molecular weight excluding hydrogens is 214 g/mol. The van der Waals surface area contributed by atoms with Gasteiger partial charge in [0, 0.05) is 13.0 Å². The molecule has 102 valence electrons. The Hall–Kier alpha value is -0.570. The van der Waals surface area contributed by atoms with Crippen molar-refractivity contribution in [3.05, 3.63) is 0 Å². The normalized spacial score (nSPS) is 11.4. The highest BCUT2D eigenvalue weighted by Gasteiger charge is 2.09. The van der Waals surface area contributed by atoms with E-state index >= 15 is 0 Å². The predicted molar refractivity (Wildman–Crippen MR) is 72.3 cm³/mol. The van der Waals surface area contributed by atoms with Crippen LogP contribution in [0.4, 0.5) is 0 Å². The van der Waals surface area contributed by atoms with Gasteiger partial charge in [0.1, 0.15) is 0 Å². The van der Waals surface area contributed by atoms with Crippen LogP contribution >= 0.6 is 0 Å². The van der Waals surface area contributed by atoms with Crippen LogP contribution in [0.3, 0.4) is 0 Å². The SMILES string of the molecule is CCC(CC)CN(CC)CCCCCC(=O)O. The lowest BCUT2D eigenvalue weighted by Crippen LogP contribution is -2.30. The first kappa shape index (κ1) is 16.4. The number of hydrogen-bond acceptors (Lipinski definition) is 2. The van der Waals surface area contributed by atoms with E-state index < -0.39 is 5.97 Å². The van der Waals surface area contributed by atoms with Crippen LogP contribution in [0.5, 0.6) is 0 Å². The summed E-state index contributed by atoms with van der Waals surface area (Å²) in [7, 11) is 0. The third-order valence-corrected chi connectivity index (χ3v) is 3.48. The van der Waals surface area contributed by atoms with E-state index in [4.69, 9.17) is 5.11 Å². The molecule has 0 saturated heterocycles. The minimum absolute atomic E-state index is 0.318. The second-order valence-corrected chi connectivity index (χ2v) is 4.78. The molecule has 3 nitrogen and oxygen atoms in total. The van der Waals surface area contributed by atoms with Crippen molar-refractivity contribution in [3.8, 4) is 0 Å². The Labute approximate surface area is 106 Å². The van der Waals surface area contributed by atoms with Crippen molar-refractivity contribution in [3.63, 3.8) is 0 Å². The molecule has 0 spiro atoms. The Morgan fingerprint density at radius 3 is 2.24 bits per heavy atom. The fraction of sp³-hybridized carbons (Fsp3) is 0.929. The van der Waals surface area contributed by atoms with Gasteiger partial charge in [-0.05, 0) is 31.8 Å². The van der Waals surface area contributed by atoms with Crippen LogP contribution in [0.15, 0.2) is 0 Å². The van der Waals surface area contributed by atoms with Crippen LogP contribution < -0.4 is 0 Å². The van der Waals surface area contributed by atoms with Crippen molar-refractivity contribution in [2.45, 2.75) is 59.3 Å². The third kappa shape index (κ3) is 9.16. The Bertz CT molecular complexity index is 191. The summed E-state index contributed by atoms with van der Waals surface area (Å²) in [5.41, 5.74) is 0. The average molecular weight is 243 g/mol.